The normalized spacial score (nSPS) is 11.5. The van der Waals surface area contributed by atoms with Gasteiger partial charge >= 0.3 is 6.03 Å². The fourth-order valence-electron chi connectivity index (χ4n) is 3.08. The van der Waals surface area contributed by atoms with Crippen molar-refractivity contribution >= 4 is 23.5 Å². The third kappa shape index (κ3) is 7.00. The van der Waals surface area contributed by atoms with Crippen molar-refractivity contribution in [1.82, 2.24) is 10.2 Å². The number of primary amides is 1. The van der Waals surface area contributed by atoms with Gasteiger partial charge in [-0.3, -0.25) is 19.8 Å². The maximum Gasteiger partial charge on any atom is 0.318 e. The lowest BCUT2D eigenvalue weighted by Gasteiger charge is -2.26. The average Bonchev–Trinajstić information content (AvgIpc) is 2.70. The van der Waals surface area contributed by atoms with E-state index in [0.29, 0.717) is 36.0 Å². The molecule has 166 valence electrons. The zero-order valence-corrected chi connectivity index (χ0v) is 17.9. The van der Waals surface area contributed by atoms with Gasteiger partial charge in [0.2, 0.25) is 11.8 Å². The van der Waals surface area contributed by atoms with Gasteiger partial charge in [-0.25, -0.2) is 4.79 Å². The number of carbonyl (C=O) groups excluding carboxylic acids is 3. The van der Waals surface area contributed by atoms with Gasteiger partial charge in [0.1, 0.15) is 6.04 Å². The van der Waals surface area contributed by atoms with Crippen LogP contribution in [0, 0.1) is 0 Å². The molecule has 0 bridgehead atoms. The Balaban J connectivity index is 2.14. The molecule has 9 heteroatoms. The standard InChI is InChI=1S/C22H28N4O5/c1-4-30-17-12-11-16(13-18(17)31-5-2)24-19(27)14-26(3)20(21(28)25-22(23)29)15-9-7-6-8-10-15/h6-13,20H,4-5,14H2,1-3H3,(H,24,27)(H3,23,25,28,29). The van der Waals surface area contributed by atoms with E-state index in [2.05, 4.69) is 10.6 Å². The monoisotopic (exact) mass is 428 g/mol. The summed E-state index contributed by atoms with van der Waals surface area (Å²) in [5, 5.41) is 4.87. The van der Waals surface area contributed by atoms with E-state index in [1.165, 1.54) is 4.90 Å². The number of nitrogens with zero attached hydrogens (tertiary/aromatic N) is 1. The van der Waals surface area contributed by atoms with Crippen molar-refractivity contribution in [2.75, 3.05) is 32.1 Å². The molecule has 2 rings (SSSR count). The van der Waals surface area contributed by atoms with Crippen LogP contribution in [-0.2, 0) is 9.59 Å². The molecule has 4 amide bonds. The van der Waals surface area contributed by atoms with Gasteiger partial charge in [-0.15, -0.1) is 0 Å². The van der Waals surface area contributed by atoms with E-state index in [9.17, 15) is 14.4 Å². The second kappa shape index (κ2) is 11.6. The Hall–Kier alpha value is -3.59. The number of amides is 4. The predicted octanol–water partition coefficient (Wildman–Crippen LogP) is 2.29. The number of hydrogen-bond acceptors (Lipinski definition) is 6. The highest BCUT2D eigenvalue weighted by atomic mass is 16.5. The van der Waals surface area contributed by atoms with E-state index in [1.807, 2.05) is 13.8 Å². The molecule has 2 aromatic rings. The maximum atomic E-state index is 12.6. The van der Waals surface area contributed by atoms with Crippen molar-refractivity contribution < 1.29 is 23.9 Å². The van der Waals surface area contributed by atoms with E-state index in [1.54, 1.807) is 55.6 Å². The second-order valence-electron chi connectivity index (χ2n) is 6.66. The van der Waals surface area contributed by atoms with Crippen LogP contribution >= 0.6 is 0 Å². The summed E-state index contributed by atoms with van der Waals surface area (Å²) in [7, 11) is 1.61. The molecule has 0 heterocycles. The minimum atomic E-state index is -0.957. The first-order chi connectivity index (χ1) is 14.8. The minimum Gasteiger partial charge on any atom is -0.490 e. The van der Waals surface area contributed by atoms with Gasteiger partial charge in [0.15, 0.2) is 11.5 Å². The van der Waals surface area contributed by atoms with Crippen molar-refractivity contribution in [1.29, 1.82) is 0 Å². The van der Waals surface area contributed by atoms with Crippen LogP contribution in [0.3, 0.4) is 0 Å². The summed E-state index contributed by atoms with van der Waals surface area (Å²) in [4.78, 5) is 37.9. The van der Waals surface area contributed by atoms with Gasteiger partial charge in [0.25, 0.3) is 0 Å². The molecule has 0 aliphatic rings. The molecule has 4 N–H and O–H groups in total. The molecule has 31 heavy (non-hydrogen) atoms. The molecule has 1 unspecified atom stereocenters. The van der Waals surface area contributed by atoms with Crippen molar-refractivity contribution in [3.63, 3.8) is 0 Å². The molecule has 9 nitrogen and oxygen atoms in total. The third-order valence-electron chi connectivity index (χ3n) is 4.27. The molecule has 0 saturated heterocycles. The molecular weight excluding hydrogens is 400 g/mol. The highest BCUT2D eigenvalue weighted by Crippen LogP contribution is 2.30. The van der Waals surface area contributed by atoms with Gasteiger partial charge in [-0.05, 0) is 38.6 Å². The largest absolute Gasteiger partial charge is 0.490 e. The van der Waals surface area contributed by atoms with Crippen molar-refractivity contribution in [3.8, 4) is 11.5 Å². The van der Waals surface area contributed by atoms with E-state index in [0.717, 1.165) is 0 Å². The second-order valence-corrected chi connectivity index (χ2v) is 6.66. The SMILES string of the molecule is CCOc1ccc(NC(=O)CN(C)C(C(=O)NC(N)=O)c2ccccc2)cc1OCC. The molecule has 0 fully saturated rings. The summed E-state index contributed by atoms with van der Waals surface area (Å²) in [6, 6.07) is 12.1. The lowest BCUT2D eigenvalue weighted by molar-refractivity contribution is -0.126. The lowest BCUT2D eigenvalue weighted by atomic mass is 10.0. The van der Waals surface area contributed by atoms with Gasteiger partial charge in [0, 0.05) is 11.8 Å². The van der Waals surface area contributed by atoms with Crippen LogP contribution in [-0.4, -0.2) is 49.6 Å². The summed E-state index contributed by atoms with van der Waals surface area (Å²) < 4.78 is 11.1. The maximum absolute atomic E-state index is 12.6. The Bertz CT molecular complexity index is 904. The summed E-state index contributed by atoms with van der Waals surface area (Å²) >= 11 is 0. The minimum absolute atomic E-state index is 0.108. The number of nitrogens with one attached hydrogen (secondary N) is 2. The topological polar surface area (TPSA) is 123 Å². The third-order valence-corrected chi connectivity index (χ3v) is 4.27. The Kier molecular flexibility index (Phi) is 8.83. The van der Waals surface area contributed by atoms with E-state index in [4.69, 9.17) is 15.2 Å². The Morgan fingerprint density at radius 2 is 1.65 bits per heavy atom. The predicted molar refractivity (Wildman–Crippen MR) is 117 cm³/mol. The zero-order chi connectivity index (χ0) is 22.8. The van der Waals surface area contributed by atoms with Crippen LogP contribution in [0.5, 0.6) is 11.5 Å². The number of carbonyl (C=O) groups is 3. The van der Waals surface area contributed by atoms with Gasteiger partial charge in [-0.2, -0.15) is 0 Å². The molecular formula is C22H28N4O5. The molecule has 0 aliphatic carbocycles. The Morgan fingerprint density at radius 3 is 2.26 bits per heavy atom. The number of urea groups is 1. The molecule has 2 aromatic carbocycles. The van der Waals surface area contributed by atoms with Gasteiger partial charge in [-0.1, -0.05) is 30.3 Å². The number of nitrogens with two attached hydrogens (primary N) is 1. The molecule has 1 atom stereocenters. The first kappa shape index (κ1) is 23.7. The number of rotatable bonds is 10. The first-order valence-corrected chi connectivity index (χ1v) is 9.90. The van der Waals surface area contributed by atoms with Crippen molar-refractivity contribution in [3.05, 3.63) is 54.1 Å². The van der Waals surface area contributed by atoms with Crippen LogP contribution in [0.4, 0.5) is 10.5 Å². The van der Waals surface area contributed by atoms with Crippen LogP contribution in [0.25, 0.3) is 0 Å². The quantitative estimate of drug-likeness (QED) is 0.534. The molecule has 0 saturated carbocycles. The molecule has 0 aliphatic heterocycles. The molecule has 0 radical (unpaired) electrons. The number of anilines is 1. The summed E-state index contributed by atoms with van der Waals surface area (Å²) in [5.41, 5.74) is 6.25. The zero-order valence-electron chi connectivity index (χ0n) is 17.9. The van der Waals surface area contributed by atoms with E-state index >= 15 is 0 Å². The van der Waals surface area contributed by atoms with Crippen molar-refractivity contribution in [2.45, 2.75) is 19.9 Å². The van der Waals surface area contributed by atoms with E-state index < -0.39 is 18.0 Å². The Labute approximate surface area is 181 Å². The number of ether oxygens (including phenoxy) is 2. The summed E-state index contributed by atoms with van der Waals surface area (Å²) in [6.07, 6.45) is 0. The number of hydrogen-bond donors (Lipinski definition) is 3. The first-order valence-electron chi connectivity index (χ1n) is 9.90. The van der Waals surface area contributed by atoms with Crippen LogP contribution < -0.4 is 25.8 Å². The van der Waals surface area contributed by atoms with Crippen LogP contribution in [0.1, 0.15) is 25.5 Å². The summed E-state index contributed by atoms with van der Waals surface area (Å²) in [5.74, 6) is 0.154. The van der Waals surface area contributed by atoms with E-state index in [-0.39, 0.29) is 12.5 Å². The molecule has 0 aromatic heterocycles. The summed E-state index contributed by atoms with van der Waals surface area (Å²) in [6.45, 7) is 4.57. The fourth-order valence-corrected chi connectivity index (χ4v) is 3.08. The molecule has 0 spiro atoms. The van der Waals surface area contributed by atoms with Crippen LogP contribution in [0.15, 0.2) is 48.5 Å². The number of imide groups is 1. The highest BCUT2D eigenvalue weighted by Gasteiger charge is 2.27. The van der Waals surface area contributed by atoms with Gasteiger partial charge in [0.05, 0.1) is 19.8 Å². The van der Waals surface area contributed by atoms with Crippen LogP contribution in [0.2, 0.25) is 0 Å². The van der Waals surface area contributed by atoms with Gasteiger partial charge < -0.3 is 20.5 Å². The fraction of sp³-hybridized carbons (Fsp3) is 0.318. The number of likely N-dealkylation sites (N-methyl/N-ethyl adjacent to an activating group) is 1. The highest BCUT2D eigenvalue weighted by molar-refractivity contribution is 5.97. The smallest absolute Gasteiger partial charge is 0.318 e. The lowest BCUT2D eigenvalue weighted by Crippen LogP contribution is -2.45. The Morgan fingerprint density at radius 1 is 1.00 bits per heavy atom. The number of benzene rings is 2. The average molecular weight is 428 g/mol. The van der Waals surface area contributed by atoms with Crippen molar-refractivity contribution in [2.24, 2.45) is 5.73 Å².